The van der Waals surface area contributed by atoms with Gasteiger partial charge in [-0.05, 0) is 19.1 Å². The normalized spacial score (nSPS) is 9.95. The van der Waals surface area contributed by atoms with Crippen LogP contribution in [0.5, 0.6) is 5.75 Å². The minimum atomic E-state index is -0.503. The maximum atomic E-state index is 12.0. The van der Waals surface area contributed by atoms with Crippen molar-refractivity contribution < 1.29 is 9.90 Å². The highest BCUT2D eigenvalue weighted by molar-refractivity contribution is 6.06. The van der Waals surface area contributed by atoms with Gasteiger partial charge in [0, 0.05) is 13.2 Å². The Labute approximate surface area is 109 Å². The molecule has 0 atom stereocenters. The van der Waals surface area contributed by atoms with E-state index >= 15 is 0 Å². The van der Waals surface area contributed by atoms with Crippen LogP contribution in [0.3, 0.4) is 0 Å². The lowest BCUT2D eigenvalue weighted by atomic mass is 10.1. The molecule has 2 aromatic rings. The lowest BCUT2D eigenvalue weighted by Gasteiger charge is -2.05. The third-order valence-electron chi connectivity index (χ3n) is 2.58. The average molecular weight is 256 g/mol. The zero-order valence-corrected chi connectivity index (χ0v) is 10.5. The summed E-state index contributed by atoms with van der Waals surface area (Å²) in [6, 6.07) is 6.66. The molecule has 0 bridgehead atoms. The number of aryl methyl sites for hydroxylation is 2. The first-order chi connectivity index (χ1) is 9.01. The number of benzene rings is 1. The second-order valence-electron chi connectivity index (χ2n) is 4.15. The zero-order chi connectivity index (χ0) is 14.0. The first-order valence-electron chi connectivity index (χ1n) is 5.56. The molecule has 96 valence electrons. The second-order valence-corrected chi connectivity index (χ2v) is 4.15. The van der Waals surface area contributed by atoms with Crippen molar-refractivity contribution in [1.82, 2.24) is 9.78 Å². The summed E-state index contributed by atoms with van der Waals surface area (Å²) in [5.74, 6) is -0.440. The van der Waals surface area contributed by atoms with E-state index in [0.717, 1.165) is 5.56 Å². The number of amides is 1. The van der Waals surface area contributed by atoms with Crippen LogP contribution in [0.4, 0.5) is 5.82 Å². The number of rotatable bonds is 2. The number of hydrogen-bond acceptors (Lipinski definition) is 4. The molecule has 1 heterocycles. The molecule has 0 aliphatic carbocycles. The third kappa shape index (κ3) is 2.55. The Morgan fingerprint density at radius 3 is 2.95 bits per heavy atom. The van der Waals surface area contributed by atoms with Gasteiger partial charge in [0.15, 0.2) is 5.82 Å². The van der Waals surface area contributed by atoms with Gasteiger partial charge in [0.1, 0.15) is 17.4 Å². The molecular weight excluding hydrogens is 244 g/mol. The van der Waals surface area contributed by atoms with Crippen LogP contribution >= 0.6 is 0 Å². The molecule has 0 aliphatic heterocycles. The van der Waals surface area contributed by atoms with Crippen molar-refractivity contribution in [3.63, 3.8) is 0 Å². The molecule has 0 fully saturated rings. The quantitative estimate of drug-likeness (QED) is 0.853. The topological polar surface area (TPSA) is 90.9 Å². The number of nitriles is 1. The Morgan fingerprint density at radius 2 is 2.26 bits per heavy atom. The molecule has 2 N–H and O–H groups in total. The molecule has 0 aliphatic rings. The van der Waals surface area contributed by atoms with Crippen molar-refractivity contribution >= 4 is 11.7 Å². The van der Waals surface area contributed by atoms with E-state index in [9.17, 15) is 9.90 Å². The zero-order valence-electron chi connectivity index (χ0n) is 10.5. The van der Waals surface area contributed by atoms with Crippen LogP contribution in [0.1, 0.15) is 21.5 Å². The van der Waals surface area contributed by atoms with Gasteiger partial charge >= 0.3 is 0 Å². The fraction of sp³-hybridized carbons (Fsp3) is 0.154. The molecule has 0 saturated carbocycles. The van der Waals surface area contributed by atoms with Crippen LogP contribution in [0, 0.1) is 18.3 Å². The van der Waals surface area contributed by atoms with Crippen molar-refractivity contribution in [2.45, 2.75) is 6.92 Å². The summed E-state index contributed by atoms with van der Waals surface area (Å²) in [6.45, 7) is 1.82. The molecule has 6 heteroatoms. The Morgan fingerprint density at radius 1 is 1.53 bits per heavy atom. The summed E-state index contributed by atoms with van der Waals surface area (Å²) >= 11 is 0. The SMILES string of the molecule is Cc1ccc(O)c(C(=O)Nc2nn(C)cc2C#N)c1. The highest BCUT2D eigenvalue weighted by atomic mass is 16.3. The van der Waals surface area contributed by atoms with Gasteiger partial charge in [-0.3, -0.25) is 9.48 Å². The van der Waals surface area contributed by atoms with Crippen molar-refractivity contribution in [3.05, 3.63) is 41.1 Å². The van der Waals surface area contributed by atoms with Gasteiger partial charge in [-0.15, -0.1) is 0 Å². The molecule has 0 saturated heterocycles. The smallest absolute Gasteiger partial charge is 0.260 e. The van der Waals surface area contributed by atoms with E-state index in [-0.39, 0.29) is 22.7 Å². The number of hydrogen-bond donors (Lipinski definition) is 2. The molecule has 2 rings (SSSR count). The van der Waals surface area contributed by atoms with E-state index in [1.165, 1.54) is 16.9 Å². The maximum Gasteiger partial charge on any atom is 0.260 e. The highest BCUT2D eigenvalue weighted by Gasteiger charge is 2.15. The number of nitrogens with zero attached hydrogens (tertiary/aromatic N) is 3. The van der Waals surface area contributed by atoms with Gasteiger partial charge in [-0.1, -0.05) is 11.6 Å². The first-order valence-corrected chi connectivity index (χ1v) is 5.56. The monoisotopic (exact) mass is 256 g/mol. The van der Waals surface area contributed by atoms with Crippen molar-refractivity contribution in [2.24, 2.45) is 7.05 Å². The minimum Gasteiger partial charge on any atom is -0.507 e. The van der Waals surface area contributed by atoms with Crippen molar-refractivity contribution in [3.8, 4) is 11.8 Å². The van der Waals surface area contributed by atoms with Crippen LogP contribution in [-0.4, -0.2) is 20.8 Å². The van der Waals surface area contributed by atoms with Crippen LogP contribution in [-0.2, 0) is 7.05 Å². The number of aromatic hydroxyl groups is 1. The second kappa shape index (κ2) is 4.82. The molecule has 1 amide bonds. The van der Waals surface area contributed by atoms with Gasteiger partial charge in [0.05, 0.1) is 5.56 Å². The summed E-state index contributed by atoms with van der Waals surface area (Å²) in [5, 5.41) is 25.1. The van der Waals surface area contributed by atoms with E-state index in [1.807, 2.05) is 13.0 Å². The van der Waals surface area contributed by atoms with Gasteiger partial charge in [-0.2, -0.15) is 10.4 Å². The molecular formula is C13H12N4O2. The van der Waals surface area contributed by atoms with E-state index in [2.05, 4.69) is 10.4 Å². The largest absolute Gasteiger partial charge is 0.507 e. The minimum absolute atomic E-state index is 0.113. The predicted octanol–water partition coefficient (Wildman–Crippen LogP) is 1.56. The average Bonchev–Trinajstić information content (AvgIpc) is 2.72. The summed E-state index contributed by atoms with van der Waals surface area (Å²) in [7, 11) is 1.65. The molecule has 0 radical (unpaired) electrons. The Hall–Kier alpha value is -2.81. The fourth-order valence-electron chi connectivity index (χ4n) is 1.67. The van der Waals surface area contributed by atoms with E-state index < -0.39 is 5.91 Å². The highest BCUT2D eigenvalue weighted by Crippen LogP contribution is 2.20. The Bertz CT molecular complexity index is 682. The number of aromatic nitrogens is 2. The lowest BCUT2D eigenvalue weighted by Crippen LogP contribution is -2.13. The lowest BCUT2D eigenvalue weighted by molar-refractivity contribution is 0.102. The van der Waals surface area contributed by atoms with Crippen LogP contribution in [0.2, 0.25) is 0 Å². The van der Waals surface area contributed by atoms with E-state index in [4.69, 9.17) is 5.26 Å². The standard InChI is InChI=1S/C13H12N4O2/c1-8-3-4-11(18)10(5-8)13(19)15-12-9(6-14)7-17(2)16-12/h3-5,7,18H,1-2H3,(H,15,16,19). The number of anilines is 1. The van der Waals surface area contributed by atoms with Gasteiger partial charge in [0.2, 0.25) is 0 Å². The molecule has 1 aromatic carbocycles. The van der Waals surface area contributed by atoms with E-state index in [0.29, 0.717) is 0 Å². The van der Waals surface area contributed by atoms with Crippen molar-refractivity contribution in [1.29, 1.82) is 5.26 Å². The summed E-state index contributed by atoms with van der Waals surface area (Å²) in [4.78, 5) is 12.0. The van der Waals surface area contributed by atoms with Gasteiger partial charge in [-0.25, -0.2) is 0 Å². The molecule has 0 unspecified atom stereocenters. The van der Waals surface area contributed by atoms with Gasteiger partial charge < -0.3 is 10.4 Å². The van der Waals surface area contributed by atoms with Crippen LogP contribution in [0.25, 0.3) is 0 Å². The summed E-state index contributed by atoms with van der Waals surface area (Å²) in [6.07, 6.45) is 1.51. The number of carbonyl (C=O) groups is 1. The maximum absolute atomic E-state index is 12.0. The molecule has 1 aromatic heterocycles. The van der Waals surface area contributed by atoms with Gasteiger partial charge in [0.25, 0.3) is 5.91 Å². The van der Waals surface area contributed by atoms with Crippen molar-refractivity contribution in [2.75, 3.05) is 5.32 Å². The number of phenolic OH excluding ortho intramolecular Hbond substituents is 1. The molecule has 6 nitrogen and oxygen atoms in total. The Kier molecular flexibility index (Phi) is 3.21. The predicted molar refractivity (Wildman–Crippen MR) is 68.7 cm³/mol. The third-order valence-corrected chi connectivity index (χ3v) is 2.58. The van der Waals surface area contributed by atoms with Crippen LogP contribution < -0.4 is 5.32 Å². The number of carbonyl (C=O) groups excluding carboxylic acids is 1. The number of nitrogens with one attached hydrogen (secondary N) is 1. The first kappa shape index (κ1) is 12.6. The van der Waals surface area contributed by atoms with Crippen LogP contribution in [0.15, 0.2) is 24.4 Å². The van der Waals surface area contributed by atoms with E-state index in [1.54, 1.807) is 19.2 Å². The number of phenols is 1. The summed E-state index contributed by atoms with van der Waals surface area (Å²) in [5.41, 5.74) is 1.27. The summed E-state index contributed by atoms with van der Waals surface area (Å²) < 4.78 is 1.43. The molecule has 19 heavy (non-hydrogen) atoms. The fourth-order valence-corrected chi connectivity index (χ4v) is 1.67. The Balaban J connectivity index is 2.31. The molecule has 0 spiro atoms.